The van der Waals surface area contributed by atoms with E-state index in [9.17, 15) is 0 Å². The molecule has 2 unspecified atom stereocenters. The molecule has 1 rings (SSSR count). The molecule has 60 valence electrons. The first-order chi connectivity index (χ1) is 4.88. The maximum absolute atomic E-state index is 8.68. The van der Waals surface area contributed by atoms with E-state index in [1.165, 1.54) is 0 Å². The maximum atomic E-state index is 8.68. The molecule has 0 spiro atoms. The fourth-order valence-electron chi connectivity index (χ4n) is 0.914. The minimum absolute atomic E-state index is 0.0509. The predicted molar refractivity (Wildman–Crippen MR) is 32.8 cm³/mol. The number of hydrogen-bond acceptors (Lipinski definition) is 4. The average Bonchev–Trinajstić information content (AvgIpc) is 2.36. The predicted octanol–water partition coefficient (Wildman–Crippen LogP) is 0.409. The lowest BCUT2D eigenvalue weighted by Crippen LogP contribution is -2.25. The number of rotatable bonds is 3. The number of aliphatic hydroxyl groups excluding tert-OH is 1. The van der Waals surface area contributed by atoms with Gasteiger partial charge in [-0.3, -0.25) is 0 Å². The molecule has 1 N–H and O–H groups in total. The summed E-state index contributed by atoms with van der Waals surface area (Å²) in [6.07, 6.45) is 1.44. The quantitative estimate of drug-likeness (QED) is 0.589. The van der Waals surface area contributed by atoms with Gasteiger partial charge in [-0.05, 0) is 6.42 Å². The zero-order valence-electron chi connectivity index (χ0n) is 5.95. The Bertz CT molecular complexity index is 95.7. The second kappa shape index (κ2) is 3.88. The van der Waals surface area contributed by atoms with Crippen LogP contribution >= 0.6 is 0 Å². The lowest BCUT2D eigenvalue weighted by atomic mass is 10.1. The largest absolute Gasteiger partial charge is 0.393 e. The molecule has 1 aliphatic heterocycles. The van der Waals surface area contributed by atoms with Crippen molar-refractivity contribution >= 4 is 0 Å². The summed E-state index contributed by atoms with van der Waals surface area (Å²) in [6.45, 7) is 1.99. The van der Waals surface area contributed by atoms with Gasteiger partial charge in [0.25, 0.3) is 0 Å². The standard InChI is InChI=1S/C6H12O4/c1-2-3-5-6(4-7)9-10-8-5/h5-7H,2-4H2,1H3. The maximum Gasteiger partial charge on any atom is 0.148 e. The van der Waals surface area contributed by atoms with Gasteiger partial charge in [0.05, 0.1) is 6.61 Å². The van der Waals surface area contributed by atoms with E-state index in [4.69, 9.17) is 9.99 Å². The van der Waals surface area contributed by atoms with Gasteiger partial charge in [-0.1, -0.05) is 18.4 Å². The Morgan fingerprint density at radius 3 is 2.60 bits per heavy atom. The van der Waals surface area contributed by atoms with Crippen molar-refractivity contribution in [2.45, 2.75) is 32.0 Å². The minimum Gasteiger partial charge on any atom is -0.393 e. The van der Waals surface area contributed by atoms with E-state index in [-0.39, 0.29) is 18.8 Å². The van der Waals surface area contributed by atoms with E-state index >= 15 is 0 Å². The first-order valence-electron chi connectivity index (χ1n) is 3.48. The van der Waals surface area contributed by atoms with E-state index in [1.807, 2.05) is 6.92 Å². The monoisotopic (exact) mass is 148 g/mol. The highest BCUT2D eigenvalue weighted by Crippen LogP contribution is 2.17. The molecule has 0 aromatic carbocycles. The van der Waals surface area contributed by atoms with E-state index in [0.29, 0.717) is 0 Å². The van der Waals surface area contributed by atoms with Crippen molar-refractivity contribution in [3.63, 3.8) is 0 Å². The summed E-state index contributed by atoms with van der Waals surface area (Å²) in [5.41, 5.74) is 0. The molecule has 4 nitrogen and oxygen atoms in total. The van der Waals surface area contributed by atoms with Crippen molar-refractivity contribution in [2.75, 3.05) is 6.61 Å². The summed E-state index contributed by atoms with van der Waals surface area (Å²) in [6, 6.07) is 0. The molecule has 4 heteroatoms. The third-order valence-electron chi connectivity index (χ3n) is 1.49. The van der Waals surface area contributed by atoms with Crippen LogP contribution in [0.4, 0.5) is 0 Å². The second-order valence-electron chi connectivity index (χ2n) is 2.31. The van der Waals surface area contributed by atoms with Gasteiger partial charge in [0.2, 0.25) is 0 Å². The van der Waals surface area contributed by atoms with Crippen molar-refractivity contribution in [2.24, 2.45) is 0 Å². The van der Waals surface area contributed by atoms with Gasteiger partial charge in [-0.2, -0.15) is 9.78 Å². The van der Waals surface area contributed by atoms with E-state index in [2.05, 4.69) is 9.93 Å². The Morgan fingerprint density at radius 2 is 2.00 bits per heavy atom. The van der Waals surface area contributed by atoms with Crippen LogP contribution in [0.3, 0.4) is 0 Å². The average molecular weight is 148 g/mol. The molecule has 2 atom stereocenters. The summed E-state index contributed by atoms with van der Waals surface area (Å²) in [5.74, 6) is 0. The third kappa shape index (κ3) is 1.67. The van der Waals surface area contributed by atoms with Crippen LogP contribution in [0.1, 0.15) is 19.8 Å². The molecule has 1 heterocycles. The van der Waals surface area contributed by atoms with Crippen LogP contribution in [0.2, 0.25) is 0 Å². The molecule has 0 aromatic rings. The van der Waals surface area contributed by atoms with Crippen molar-refractivity contribution in [1.29, 1.82) is 0 Å². The molecule has 1 fully saturated rings. The molecule has 0 saturated carbocycles. The van der Waals surface area contributed by atoms with Gasteiger partial charge in [0, 0.05) is 0 Å². The smallest absolute Gasteiger partial charge is 0.148 e. The topological polar surface area (TPSA) is 47.9 Å². The zero-order chi connectivity index (χ0) is 7.40. The summed E-state index contributed by atoms with van der Waals surface area (Å²) >= 11 is 0. The van der Waals surface area contributed by atoms with Crippen molar-refractivity contribution < 1.29 is 19.9 Å². The fraction of sp³-hybridized carbons (Fsp3) is 1.00. The van der Waals surface area contributed by atoms with Crippen LogP contribution in [0.15, 0.2) is 0 Å². The second-order valence-corrected chi connectivity index (χ2v) is 2.31. The van der Waals surface area contributed by atoms with Crippen molar-refractivity contribution in [1.82, 2.24) is 0 Å². The van der Waals surface area contributed by atoms with Crippen LogP contribution in [0, 0.1) is 0 Å². The van der Waals surface area contributed by atoms with Crippen LogP contribution in [0.5, 0.6) is 0 Å². The molecule has 10 heavy (non-hydrogen) atoms. The van der Waals surface area contributed by atoms with Crippen LogP contribution < -0.4 is 0 Å². The first kappa shape index (κ1) is 7.94. The summed E-state index contributed by atoms with van der Waals surface area (Å²) < 4.78 is 0. The summed E-state index contributed by atoms with van der Waals surface area (Å²) in [5, 5.41) is 12.9. The van der Waals surface area contributed by atoms with Gasteiger partial charge in [-0.15, -0.1) is 0 Å². The first-order valence-corrected chi connectivity index (χ1v) is 3.48. The van der Waals surface area contributed by atoms with Crippen molar-refractivity contribution in [3.05, 3.63) is 0 Å². The van der Waals surface area contributed by atoms with Crippen molar-refractivity contribution in [3.8, 4) is 0 Å². The Balaban J connectivity index is 2.27. The fourth-order valence-corrected chi connectivity index (χ4v) is 0.914. The van der Waals surface area contributed by atoms with Crippen LogP contribution in [-0.2, 0) is 14.8 Å². The lowest BCUT2D eigenvalue weighted by molar-refractivity contribution is -0.466. The Hall–Kier alpha value is -0.160. The highest BCUT2D eigenvalue weighted by atomic mass is 17.5. The highest BCUT2D eigenvalue weighted by molar-refractivity contribution is 4.68. The molecular weight excluding hydrogens is 136 g/mol. The molecule has 0 radical (unpaired) electrons. The van der Waals surface area contributed by atoms with Gasteiger partial charge >= 0.3 is 0 Å². The minimum atomic E-state index is -0.306. The molecule has 1 saturated heterocycles. The lowest BCUT2D eigenvalue weighted by Gasteiger charge is -2.07. The zero-order valence-corrected chi connectivity index (χ0v) is 5.95. The molecular formula is C6H12O4. The van der Waals surface area contributed by atoms with Gasteiger partial charge in [-0.25, -0.2) is 0 Å². The van der Waals surface area contributed by atoms with Gasteiger partial charge in [0.15, 0.2) is 0 Å². The number of aliphatic hydroxyl groups is 1. The van der Waals surface area contributed by atoms with E-state index in [1.54, 1.807) is 0 Å². The number of hydrogen-bond donors (Lipinski definition) is 1. The van der Waals surface area contributed by atoms with E-state index < -0.39 is 0 Å². The molecule has 0 amide bonds. The van der Waals surface area contributed by atoms with Gasteiger partial charge in [0.1, 0.15) is 12.2 Å². The Labute approximate surface area is 59.6 Å². The molecule has 0 bridgehead atoms. The Kier molecular flexibility index (Phi) is 3.08. The third-order valence-corrected chi connectivity index (χ3v) is 1.49. The molecule has 1 aliphatic rings. The van der Waals surface area contributed by atoms with Crippen LogP contribution in [-0.4, -0.2) is 23.9 Å². The van der Waals surface area contributed by atoms with Crippen LogP contribution in [0.25, 0.3) is 0 Å². The highest BCUT2D eigenvalue weighted by Gasteiger charge is 2.30. The molecule has 0 aromatic heterocycles. The van der Waals surface area contributed by atoms with E-state index in [0.717, 1.165) is 12.8 Å². The van der Waals surface area contributed by atoms with Gasteiger partial charge < -0.3 is 5.11 Å². The Morgan fingerprint density at radius 1 is 1.30 bits per heavy atom. The summed E-state index contributed by atoms with van der Waals surface area (Å²) in [7, 11) is 0. The normalized spacial score (nSPS) is 33.0. The SMILES string of the molecule is CCCC1OOOC1CO. The summed E-state index contributed by atoms with van der Waals surface area (Å²) in [4.78, 5) is 9.31. The molecule has 0 aliphatic carbocycles.